The molecule has 0 fully saturated rings. The van der Waals surface area contributed by atoms with Gasteiger partial charge in [0.05, 0.1) is 10.7 Å². The Morgan fingerprint density at radius 1 is 1.16 bits per heavy atom. The average molecular weight is 480 g/mol. The Kier molecular flexibility index (Phi) is 5.82. The Morgan fingerprint density at radius 3 is 2.84 bits per heavy atom. The number of hydrogen-bond donors (Lipinski definition) is 0. The number of imidazole rings is 1. The second-order valence-electron chi connectivity index (χ2n) is 7.07. The van der Waals surface area contributed by atoms with Crippen molar-refractivity contribution in [2.45, 2.75) is 29.7 Å². The summed E-state index contributed by atoms with van der Waals surface area (Å²) >= 11 is 9.60. The van der Waals surface area contributed by atoms with Gasteiger partial charge >= 0.3 is 0 Å². The first kappa shape index (κ1) is 20.9. The van der Waals surface area contributed by atoms with Crippen molar-refractivity contribution in [2.75, 3.05) is 0 Å². The zero-order valence-electron chi connectivity index (χ0n) is 17.3. The lowest BCUT2D eigenvalue weighted by molar-refractivity contribution is 0.306. The normalized spacial score (nSPS) is 11.2. The molecule has 32 heavy (non-hydrogen) atoms. The van der Waals surface area contributed by atoms with Gasteiger partial charge in [-0.2, -0.15) is 0 Å². The van der Waals surface area contributed by atoms with Crippen molar-refractivity contribution in [3.63, 3.8) is 0 Å². The van der Waals surface area contributed by atoms with Gasteiger partial charge in [-0.1, -0.05) is 35.5 Å². The summed E-state index contributed by atoms with van der Waals surface area (Å²) in [4.78, 5) is 18.6. The molecule has 0 aliphatic carbocycles. The van der Waals surface area contributed by atoms with Crippen LogP contribution in [0.25, 0.3) is 16.6 Å². The maximum atomic E-state index is 6.49. The van der Waals surface area contributed by atoms with E-state index in [0.717, 1.165) is 42.9 Å². The first-order valence-corrected chi connectivity index (χ1v) is 11.9. The molecule has 5 rings (SSSR count). The molecule has 0 amide bonds. The summed E-state index contributed by atoms with van der Waals surface area (Å²) in [5.41, 5.74) is 3.60. The molecule has 9 heteroatoms. The van der Waals surface area contributed by atoms with Crippen LogP contribution in [0.4, 0.5) is 0 Å². The van der Waals surface area contributed by atoms with Crippen LogP contribution in [-0.4, -0.2) is 24.5 Å². The smallest absolute Gasteiger partial charge is 0.154 e. The van der Waals surface area contributed by atoms with Crippen molar-refractivity contribution in [3.8, 4) is 11.4 Å². The van der Waals surface area contributed by atoms with Crippen LogP contribution in [0.15, 0.2) is 69.9 Å². The van der Waals surface area contributed by atoms with E-state index in [2.05, 4.69) is 25.6 Å². The minimum Gasteiger partial charge on any atom is -0.487 e. The second-order valence-corrected chi connectivity index (χ2v) is 9.66. The SMILES string of the molecule is Cc1cc(-n2ccnc2C)c2cccc(OCc3c(Cl)cncc3Sc3nccs3)c2n1. The number of nitrogens with zero attached hydrogens (tertiary/aromatic N) is 5. The van der Waals surface area contributed by atoms with E-state index in [0.29, 0.717) is 17.4 Å². The number of aryl methyl sites for hydroxylation is 2. The maximum absolute atomic E-state index is 6.49. The van der Waals surface area contributed by atoms with Gasteiger partial charge in [0, 0.05) is 57.9 Å². The van der Waals surface area contributed by atoms with Gasteiger partial charge in [0.2, 0.25) is 0 Å². The summed E-state index contributed by atoms with van der Waals surface area (Å²) in [7, 11) is 0. The predicted molar refractivity (Wildman–Crippen MR) is 128 cm³/mol. The molecule has 0 saturated heterocycles. The number of fused-ring (bicyclic) bond motifs is 1. The molecule has 0 saturated carbocycles. The summed E-state index contributed by atoms with van der Waals surface area (Å²) in [6, 6.07) is 8.02. The second kappa shape index (κ2) is 8.90. The monoisotopic (exact) mass is 479 g/mol. The number of para-hydroxylation sites is 1. The van der Waals surface area contributed by atoms with Gasteiger partial charge in [-0.3, -0.25) is 4.98 Å². The molecule has 0 radical (unpaired) electrons. The largest absolute Gasteiger partial charge is 0.487 e. The van der Waals surface area contributed by atoms with Crippen molar-refractivity contribution >= 4 is 45.6 Å². The van der Waals surface area contributed by atoms with Crippen LogP contribution in [0, 0.1) is 13.8 Å². The van der Waals surface area contributed by atoms with Crippen molar-refractivity contribution < 1.29 is 4.74 Å². The fraction of sp³-hybridized carbons (Fsp3) is 0.130. The van der Waals surface area contributed by atoms with Gasteiger partial charge < -0.3 is 9.30 Å². The zero-order chi connectivity index (χ0) is 22.1. The molecule has 0 N–H and O–H groups in total. The molecule has 0 aliphatic rings. The maximum Gasteiger partial charge on any atom is 0.154 e. The number of benzene rings is 1. The number of halogens is 1. The lowest BCUT2D eigenvalue weighted by atomic mass is 10.1. The van der Waals surface area contributed by atoms with Gasteiger partial charge in [0.1, 0.15) is 23.7 Å². The molecule has 4 heterocycles. The van der Waals surface area contributed by atoms with Crippen LogP contribution in [0.5, 0.6) is 5.75 Å². The van der Waals surface area contributed by atoms with Crippen LogP contribution >= 0.6 is 34.7 Å². The van der Waals surface area contributed by atoms with Crippen molar-refractivity contribution in [1.29, 1.82) is 0 Å². The Labute approximate surface area is 198 Å². The Bertz CT molecular complexity index is 1400. The molecule has 4 aromatic heterocycles. The summed E-state index contributed by atoms with van der Waals surface area (Å²) in [5, 5.41) is 3.50. The highest BCUT2D eigenvalue weighted by atomic mass is 35.5. The standard InChI is InChI=1S/C23H18ClN5OS2/c1-14-10-19(29-8-6-26-15(29)2)16-4-3-5-20(22(16)28-14)30-13-17-18(24)11-25-12-21(17)32-23-27-7-9-31-23/h3-12H,13H2,1-2H3. The molecular formula is C23H18ClN5OS2. The highest BCUT2D eigenvalue weighted by Gasteiger charge is 2.15. The van der Waals surface area contributed by atoms with E-state index in [1.807, 2.05) is 43.6 Å². The number of rotatable bonds is 6. The molecule has 0 atom stereocenters. The molecular weight excluding hydrogens is 462 g/mol. The quantitative estimate of drug-likeness (QED) is 0.286. The predicted octanol–water partition coefficient (Wildman–Crippen LogP) is 6.27. The molecule has 1 aromatic carbocycles. The van der Waals surface area contributed by atoms with E-state index in [-0.39, 0.29) is 0 Å². The van der Waals surface area contributed by atoms with E-state index in [9.17, 15) is 0 Å². The topological polar surface area (TPSA) is 65.7 Å². The summed E-state index contributed by atoms with van der Waals surface area (Å²) in [5.74, 6) is 1.61. The van der Waals surface area contributed by atoms with Gasteiger partial charge in [0.15, 0.2) is 4.34 Å². The molecule has 0 bridgehead atoms. The average Bonchev–Trinajstić information content (AvgIpc) is 3.44. The lowest BCUT2D eigenvalue weighted by Gasteiger charge is -2.15. The number of aromatic nitrogens is 5. The van der Waals surface area contributed by atoms with Crippen LogP contribution in [0.2, 0.25) is 5.02 Å². The Hall–Kier alpha value is -2.94. The summed E-state index contributed by atoms with van der Waals surface area (Å²) < 4.78 is 9.26. The van der Waals surface area contributed by atoms with Gasteiger partial charge in [-0.25, -0.2) is 15.0 Å². The first-order valence-electron chi connectivity index (χ1n) is 9.83. The van der Waals surface area contributed by atoms with Gasteiger partial charge in [-0.05, 0) is 26.0 Å². The van der Waals surface area contributed by atoms with Crippen LogP contribution in [0.3, 0.4) is 0 Å². The lowest BCUT2D eigenvalue weighted by Crippen LogP contribution is -2.03. The van der Waals surface area contributed by atoms with E-state index in [1.54, 1.807) is 36.1 Å². The third-order valence-corrected chi connectivity index (χ3v) is 7.22. The number of thiazole rings is 1. The zero-order valence-corrected chi connectivity index (χ0v) is 19.7. The van der Waals surface area contributed by atoms with E-state index >= 15 is 0 Å². The van der Waals surface area contributed by atoms with Crippen LogP contribution in [0.1, 0.15) is 17.1 Å². The Balaban J connectivity index is 1.51. The molecule has 0 spiro atoms. The first-order chi connectivity index (χ1) is 15.6. The third-order valence-electron chi connectivity index (χ3n) is 4.94. The molecule has 5 aromatic rings. The van der Waals surface area contributed by atoms with Gasteiger partial charge in [-0.15, -0.1) is 11.3 Å². The van der Waals surface area contributed by atoms with E-state index in [4.69, 9.17) is 21.3 Å². The molecule has 0 aliphatic heterocycles. The number of hydrogen-bond acceptors (Lipinski definition) is 7. The third kappa shape index (κ3) is 4.09. The minimum absolute atomic E-state index is 0.295. The highest BCUT2D eigenvalue weighted by Crippen LogP contribution is 2.36. The highest BCUT2D eigenvalue weighted by molar-refractivity contribution is 8.01. The van der Waals surface area contributed by atoms with Crippen LogP contribution < -0.4 is 4.74 Å². The summed E-state index contributed by atoms with van der Waals surface area (Å²) in [6.07, 6.45) is 8.96. The van der Waals surface area contributed by atoms with Crippen molar-refractivity contribution in [1.82, 2.24) is 24.5 Å². The van der Waals surface area contributed by atoms with Crippen molar-refractivity contribution in [2.24, 2.45) is 0 Å². The van der Waals surface area contributed by atoms with E-state index in [1.165, 1.54) is 11.8 Å². The fourth-order valence-electron chi connectivity index (χ4n) is 3.45. The van der Waals surface area contributed by atoms with E-state index < -0.39 is 0 Å². The van der Waals surface area contributed by atoms with Crippen molar-refractivity contribution in [3.05, 3.63) is 82.7 Å². The fourth-order valence-corrected chi connectivity index (χ4v) is 5.42. The molecule has 0 unspecified atom stereocenters. The summed E-state index contributed by atoms with van der Waals surface area (Å²) in [6.45, 7) is 4.26. The molecule has 6 nitrogen and oxygen atoms in total. The van der Waals surface area contributed by atoms with Gasteiger partial charge in [0.25, 0.3) is 0 Å². The van der Waals surface area contributed by atoms with Crippen LogP contribution in [-0.2, 0) is 6.61 Å². The molecule has 160 valence electrons. The Morgan fingerprint density at radius 2 is 2.06 bits per heavy atom. The number of pyridine rings is 2. The minimum atomic E-state index is 0.295. The number of ether oxygens (including phenoxy) is 1.